The van der Waals surface area contributed by atoms with Crippen LogP contribution < -0.4 is 9.47 Å². The fraction of sp³-hybridized carbons (Fsp3) is 0.0909. The molecule has 1 aromatic heterocycles. The van der Waals surface area contributed by atoms with Crippen LogP contribution >= 0.6 is 0 Å². The van der Waals surface area contributed by atoms with Crippen molar-refractivity contribution in [1.29, 1.82) is 0 Å². The van der Waals surface area contributed by atoms with Crippen molar-refractivity contribution >= 4 is 10.9 Å². The second kappa shape index (κ2) is 6.36. The van der Waals surface area contributed by atoms with Crippen LogP contribution in [0.4, 0.5) is 0 Å². The summed E-state index contributed by atoms with van der Waals surface area (Å²) in [5.74, 6) is 2.46. The molecule has 0 spiro atoms. The predicted molar refractivity (Wildman–Crippen MR) is 102 cm³/mol. The third-order valence-corrected chi connectivity index (χ3v) is 4.26. The third kappa shape index (κ3) is 2.96. The molecule has 0 aliphatic heterocycles. The van der Waals surface area contributed by atoms with E-state index in [0.717, 1.165) is 39.4 Å². The van der Waals surface area contributed by atoms with Crippen LogP contribution in [-0.2, 0) is 0 Å². The number of aromatic amines is 1. The largest absolute Gasteiger partial charge is 0.497 e. The second-order valence-electron chi connectivity index (χ2n) is 6.02. The van der Waals surface area contributed by atoms with E-state index >= 15 is 0 Å². The van der Waals surface area contributed by atoms with Crippen molar-refractivity contribution in [3.63, 3.8) is 0 Å². The fourth-order valence-electron chi connectivity index (χ4n) is 2.92. The average molecular weight is 329 g/mol. The molecule has 124 valence electrons. The first-order valence-corrected chi connectivity index (χ1v) is 8.24. The Kier molecular flexibility index (Phi) is 3.90. The molecule has 0 amide bonds. The first-order chi connectivity index (χ1) is 12.2. The highest BCUT2D eigenvalue weighted by atomic mass is 16.5. The van der Waals surface area contributed by atoms with E-state index < -0.39 is 0 Å². The smallest absolute Gasteiger partial charge is 0.160 e. The molecule has 0 aliphatic rings. The van der Waals surface area contributed by atoms with Crippen molar-refractivity contribution in [1.82, 2.24) is 4.98 Å². The lowest BCUT2D eigenvalue weighted by Gasteiger charge is -2.08. The third-order valence-electron chi connectivity index (χ3n) is 4.26. The van der Waals surface area contributed by atoms with E-state index in [4.69, 9.17) is 9.47 Å². The minimum absolute atomic E-state index is 0.815. The number of ether oxygens (including phenoxy) is 2. The quantitative estimate of drug-likeness (QED) is 0.502. The summed E-state index contributed by atoms with van der Waals surface area (Å²) in [5, 5.41) is 1.03. The minimum atomic E-state index is 0.815. The second-order valence-corrected chi connectivity index (χ2v) is 6.02. The number of hydrogen-bond acceptors (Lipinski definition) is 2. The van der Waals surface area contributed by atoms with Crippen molar-refractivity contribution < 1.29 is 9.47 Å². The molecule has 1 N–H and O–H groups in total. The maximum atomic E-state index is 6.27. The zero-order valence-corrected chi connectivity index (χ0v) is 14.2. The van der Waals surface area contributed by atoms with Gasteiger partial charge in [0.15, 0.2) is 5.75 Å². The van der Waals surface area contributed by atoms with Crippen LogP contribution in [0.2, 0.25) is 0 Å². The number of nitrogens with one attached hydrogen (secondary N) is 1. The standard InChI is InChI=1S/C22H19NO2/c1-15-8-10-17(11-9-15)25-22-19-13-12-18(24-2)14-20(19)23-21(22)16-6-4-3-5-7-16/h3-14,23H,1-2H3. The molecule has 0 atom stereocenters. The number of hydrogen-bond donors (Lipinski definition) is 1. The molecule has 3 aromatic carbocycles. The van der Waals surface area contributed by atoms with Gasteiger partial charge in [0, 0.05) is 17.0 Å². The van der Waals surface area contributed by atoms with Gasteiger partial charge >= 0.3 is 0 Å². The zero-order chi connectivity index (χ0) is 17.2. The van der Waals surface area contributed by atoms with Gasteiger partial charge in [-0.15, -0.1) is 0 Å². The molecule has 0 aliphatic carbocycles. The van der Waals surface area contributed by atoms with E-state index in [1.165, 1.54) is 5.56 Å². The summed E-state index contributed by atoms with van der Waals surface area (Å²) < 4.78 is 11.6. The Balaban J connectivity index is 1.88. The number of aryl methyl sites for hydroxylation is 1. The summed E-state index contributed by atoms with van der Waals surface area (Å²) in [5.41, 5.74) is 4.24. The molecule has 0 bridgehead atoms. The molecule has 0 unspecified atom stereocenters. The first-order valence-electron chi connectivity index (χ1n) is 8.24. The summed E-state index contributed by atoms with van der Waals surface area (Å²) >= 11 is 0. The molecule has 3 heteroatoms. The Hall–Kier alpha value is -3.20. The summed E-state index contributed by atoms with van der Waals surface area (Å²) in [7, 11) is 1.67. The molecule has 0 radical (unpaired) electrons. The average Bonchev–Trinajstić information content (AvgIpc) is 3.02. The highest BCUT2D eigenvalue weighted by Gasteiger charge is 2.16. The highest BCUT2D eigenvalue weighted by Crippen LogP contribution is 2.40. The maximum absolute atomic E-state index is 6.27. The van der Waals surface area contributed by atoms with Crippen LogP contribution in [0.1, 0.15) is 5.56 Å². The number of benzene rings is 3. The van der Waals surface area contributed by atoms with Gasteiger partial charge in [0.25, 0.3) is 0 Å². The maximum Gasteiger partial charge on any atom is 0.160 e. The Bertz CT molecular complexity index is 1000. The SMILES string of the molecule is COc1ccc2c(Oc3ccc(C)cc3)c(-c3ccccc3)[nH]c2c1. The molecule has 0 saturated heterocycles. The van der Waals surface area contributed by atoms with Crippen molar-refractivity contribution in [2.45, 2.75) is 6.92 Å². The lowest BCUT2D eigenvalue weighted by atomic mass is 10.1. The lowest BCUT2D eigenvalue weighted by Crippen LogP contribution is -1.87. The fourth-order valence-corrected chi connectivity index (χ4v) is 2.92. The molecular weight excluding hydrogens is 310 g/mol. The van der Waals surface area contributed by atoms with E-state index in [9.17, 15) is 0 Å². The van der Waals surface area contributed by atoms with Gasteiger partial charge in [0.2, 0.25) is 0 Å². The van der Waals surface area contributed by atoms with Gasteiger partial charge in [-0.1, -0.05) is 48.0 Å². The van der Waals surface area contributed by atoms with Crippen LogP contribution in [0.25, 0.3) is 22.2 Å². The van der Waals surface area contributed by atoms with Gasteiger partial charge in [-0.3, -0.25) is 0 Å². The monoisotopic (exact) mass is 329 g/mol. The number of aromatic nitrogens is 1. The van der Waals surface area contributed by atoms with Crippen molar-refractivity contribution in [3.05, 3.63) is 78.4 Å². The molecule has 25 heavy (non-hydrogen) atoms. The van der Waals surface area contributed by atoms with Crippen molar-refractivity contribution in [2.75, 3.05) is 7.11 Å². The Labute approximate surface area is 146 Å². The van der Waals surface area contributed by atoms with Gasteiger partial charge in [0.1, 0.15) is 11.5 Å². The summed E-state index contributed by atoms with van der Waals surface area (Å²) in [4.78, 5) is 3.48. The summed E-state index contributed by atoms with van der Waals surface area (Å²) in [6.45, 7) is 2.07. The van der Waals surface area contributed by atoms with E-state index in [1.807, 2.05) is 48.5 Å². The van der Waals surface area contributed by atoms with E-state index in [-0.39, 0.29) is 0 Å². The minimum Gasteiger partial charge on any atom is -0.497 e. The number of rotatable bonds is 4. The predicted octanol–water partition coefficient (Wildman–Crippen LogP) is 5.94. The van der Waals surface area contributed by atoms with Crippen LogP contribution in [0.5, 0.6) is 17.2 Å². The lowest BCUT2D eigenvalue weighted by molar-refractivity contribution is 0.415. The van der Waals surface area contributed by atoms with Crippen molar-refractivity contribution in [2.24, 2.45) is 0 Å². The van der Waals surface area contributed by atoms with Gasteiger partial charge in [0.05, 0.1) is 18.3 Å². The normalized spacial score (nSPS) is 10.8. The Morgan fingerprint density at radius 3 is 2.24 bits per heavy atom. The number of fused-ring (bicyclic) bond motifs is 1. The van der Waals surface area contributed by atoms with Crippen LogP contribution in [-0.4, -0.2) is 12.1 Å². The Morgan fingerprint density at radius 1 is 0.800 bits per heavy atom. The number of methoxy groups -OCH3 is 1. The van der Waals surface area contributed by atoms with Crippen LogP contribution in [0.3, 0.4) is 0 Å². The van der Waals surface area contributed by atoms with Gasteiger partial charge in [-0.2, -0.15) is 0 Å². The van der Waals surface area contributed by atoms with Gasteiger partial charge < -0.3 is 14.5 Å². The molecule has 1 heterocycles. The molecule has 0 saturated carbocycles. The van der Waals surface area contributed by atoms with Crippen molar-refractivity contribution in [3.8, 4) is 28.5 Å². The van der Waals surface area contributed by atoms with Gasteiger partial charge in [-0.05, 0) is 31.2 Å². The van der Waals surface area contributed by atoms with Crippen LogP contribution in [0.15, 0.2) is 72.8 Å². The molecule has 3 nitrogen and oxygen atoms in total. The first kappa shape index (κ1) is 15.3. The summed E-state index contributed by atoms with van der Waals surface area (Å²) in [6.07, 6.45) is 0. The van der Waals surface area contributed by atoms with E-state index in [0.29, 0.717) is 0 Å². The Morgan fingerprint density at radius 2 is 1.52 bits per heavy atom. The van der Waals surface area contributed by atoms with Crippen LogP contribution in [0, 0.1) is 6.92 Å². The molecule has 0 fully saturated rings. The van der Waals surface area contributed by atoms with E-state index in [2.05, 4.69) is 36.2 Å². The number of H-pyrrole nitrogens is 1. The molecule has 4 rings (SSSR count). The zero-order valence-electron chi connectivity index (χ0n) is 14.2. The van der Waals surface area contributed by atoms with Gasteiger partial charge in [-0.25, -0.2) is 0 Å². The topological polar surface area (TPSA) is 34.2 Å². The summed E-state index contributed by atoms with van der Waals surface area (Å²) in [6, 6.07) is 24.3. The highest BCUT2D eigenvalue weighted by molar-refractivity contribution is 5.95. The molecular formula is C22H19NO2. The van der Waals surface area contributed by atoms with E-state index in [1.54, 1.807) is 7.11 Å². The molecule has 4 aromatic rings.